The van der Waals surface area contributed by atoms with Gasteiger partial charge in [0.2, 0.25) is 5.82 Å². The highest BCUT2D eigenvalue weighted by Gasteiger charge is 2.25. The number of nitrogens with zero attached hydrogens (tertiary/aromatic N) is 1. The van der Waals surface area contributed by atoms with E-state index in [1.54, 1.807) is 0 Å². The molecule has 0 unspecified atom stereocenters. The number of carboxylic acid groups (broad SMARTS) is 1. The number of carboxylic acids is 1. The number of carbonyl (C=O) groups excluding carboxylic acids is 1. The summed E-state index contributed by atoms with van der Waals surface area (Å²) in [5.41, 5.74) is -1.97. The van der Waals surface area contributed by atoms with Crippen molar-refractivity contribution < 1.29 is 36.4 Å². The van der Waals surface area contributed by atoms with Gasteiger partial charge in [-0.3, -0.25) is 0 Å². The average molecular weight is 375 g/mol. The molecule has 0 N–H and O–H groups in total. The van der Waals surface area contributed by atoms with Crippen LogP contribution in [0.2, 0.25) is 0 Å². The van der Waals surface area contributed by atoms with E-state index in [1.807, 2.05) is 0 Å². The van der Waals surface area contributed by atoms with Gasteiger partial charge in [0.05, 0.1) is 11.5 Å². The van der Waals surface area contributed by atoms with Crippen LogP contribution in [-0.4, -0.2) is 5.97 Å². The van der Waals surface area contributed by atoms with Crippen LogP contribution in [0.4, 0.5) is 22.0 Å². The number of unbranched alkanes of at least 4 members (excludes halogenated alkanes) is 3. The summed E-state index contributed by atoms with van der Waals surface area (Å²) in [5.74, 6) is -14.4. The highest BCUT2D eigenvalue weighted by molar-refractivity contribution is 5.86. The minimum absolute atomic E-state index is 1.17. The van der Waals surface area contributed by atoms with Crippen LogP contribution < -0.4 is 9.67 Å². The van der Waals surface area contributed by atoms with Crippen molar-refractivity contribution >= 4 is 5.97 Å². The van der Waals surface area contributed by atoms with Gasteiger partial charge in [-0.25, -0.2) is 26.5 Å². The van der Waals surface area contributed by atoms with Gasteiger partial charge in [0.15, 0.2) is 35.7 Å². The van der Waals surface area contributed by atoms with E-state index in [-0.39, 0.29) is 0 Å². The molecule has 0 saturated heterocycles. The van der Waals surface area contributed by atoms with E-state index < -0.39 is 40.6 Å². The lowest BCUT2D eigenvalue weighted by Gasteiger charge is -2.07. The Labute approximate surface area is 147 Å². The van der Waals surface area contributed by atoms with Gasteiger partial charge in [-0.05, 0) is 6.42 Å². The fourth-order valence-electron chi connectivity index (χ4n) is 2.09. The fourth-order valence-corrected chi connectivity index (χ4v) is 2.09. The number of hydrogen-bond donors (Lipinski definition) is 0. The Balaban J connectivity index is 0.000000263. The van der Waals surface area contributed by atoms with Crippen molar-refractivity contribution in [3.8, 4) is 0 Å². The molecule has 2 rings (SSSR count). The van der Waals surface area contributed by atoms with E-state index in [4.69, 9.17) is 0 Å². The number of halogens is 5. The van der Waals surface area contributed by atoms with E-state index in [1.165, 1.54) is 32.2 Å². The van der Waals surface area contributed by atoms with E-state index >= 15 is 0 Å². The van der Waals surface area contributed by atoms with Gasteiger partial charge < -0.3 is 9.90 Å². The summed E-state index contributed by atoms with van der Waals surface area (Å²) in [5, 5.41) is 10.0. The third-order valence-electron chi connectivity index (χ3n) is 3.46. The van der Waals surface area contributed by atoms with Crippen molar-refractivity contribution in [2.75, 3.05) is 0 Å². The topological polar surface area (TPSA) is 44.0 Å². The summed E-state index contributed by atoms with van der Waals surface area (Å²) in [4.78, 5) is 10.0. The maximum absolute atomic E-state index is 12.5. The molecule has 0 bridgehead atoms. The monoisotopic (exact) mass is 375 g/mol. The Bertz CT molecular complexity index is 709. The average Bonchev–Trinajstić information content (AvgIpc) is 2.63. The molecule has 2 aromatic rings. The fraction of sp³-hybridized carbons (Fsp3) is 0.333. The quantitative estimate of drug-likeness (QED) is 0.256. The van der Waals surface area contributed by atoms with Crippen molar-refractivity contribution in [2.24, 2.45) is 0 Å². The molecule has 26 heavy (non-hydrogen) atoms. The molecule has 0 radical (unpaired) electrons. The summed E-state index contributed by atoms with van der Waals surface area (Å²) < 4.78 is 64.2. The van der Waals surface area contributed by atoms with Crippen LogP contribution in [0.5, 0.6) is 0 Å². The molecule has 1 heterocycles. The van der Waals surface area contributed by atoms with Gasteiger partial charge in [0.25, 0.3) is 0 Å². The molecule has 0 atom stereocenters. The Hall–Kier alpha value is -2.51. The molecular weight excluding hydrogens is 357 g/mol. The Morgan fingerprint density at radius 1 is 0.846 bits per heavy atom. The predicted molar refractivity (Wildman–Crippen MR) is 81.3 cm³/mol. The Morgan fingerprint density at radius 2 is 1.35 bits per heavy atom. The number of pyridine rings is 1. The van der Waals surface area contributed by atoms with Crippen LogP contribution in [0.1, 0.15) is 43.0 Å². The van der Waals surface area contributed by atoms with Crippen LogP contribution in [0.25, 0.3) is 0 Å². The highest BCUT2D eigenvalue weighted by Crippen LogP contribution is 2.22. The van der Waals surface area contributed by atoms with Gasteiger partial charge in [0.1, 0.15) is 6.54 Å². The molecule has 142 valence electrons. The van der Waals surface area contributed by atoms with Gasteiger partial charge in [-0.1, -0.05) is 25.8 Å². The first-order valence-corrected chi connectivity index (χ1v) is 7.98. The molecule has 8 heteroatoms. The van der Waals surface area contributed by atoms with Crippen molar-refractivity contribution in [3.05, 3.63) is 65.2 Å². The zero-order valence-corrected chi connectivity index (χ0v) is 14.1. The molecule has 0 aliphatic rings. The first-order chi connectivity index (χ1) is 12.3. The molecule has 0 fully saturated rings. The summed E-state index contributed by atoms with van der Waals surface area (Å²) in [6.45, 7) is 3.41. The number of aromatic carboxylic acids is 1. The van der Waals surface area contributed by atoms with E-state index in [0.717, 1.165) is 0 Å². The van der Waals surface area contributed by atoms with E-state index in [0.29, 0.717) is 0 Å². The van der Waals surface area contributed by atoms with E-state index in [9.17, 15) is 31.9 Å². The zero-order valence-electron chi connectivity index (χ0n) is 14.1. The lowest BCUT2D eigenvalue weighted by atomic mass is 10.1. The van der Waals surface area contributed by atoms with Crippen molar-refractivity contribution in [3.63, 3.8) is 0 Å². The predicted octanol–water partition coefficient (Wildman–Crippen LogP) is 3.30. The molecule has 0 spiro atoms. The molecular formula is C18H18F5NO2. The minimum Gasteiger partial charge on any atom is -0.545 e. The third-order valence-corrected chi connectivity index (χ3v) is 3.46. The largest absolute Gasteiger partial charge is 0.545 e. The molecule has 0 aliphatic carbocycles. The normalized spacial score (nSPS) is 10.2. The molecule has 0 aliphatic heterocycles. The van der Waals surface area contributed by atoms with Crippen molar-refractivity contribution in [1.29, 1.82) is 0 Å². The minimum atomic E-state index is -2.47. The van der Waals surface area contributed by atoms with Gasteiger partial charge in [-0.2, -0.15) is 0 Å². The molecule has 3 nitrogen and oxygen atoms in total. The second-order valence-electron chi connectivity index (χ2n) is 5.41. The van der Waals surface area contributed by atoms with Crippen molar-refractivity contribution in [2.45, 2.75) is 39.2 Å². The zero-order chi connectivity index (χ0) is 19.7. The summed E-state index contributed by atoms with van der Waals surface area (Å²) in [7, 11) is 0. The number of carbonyl (C=O) groups is 1. The van der Waals surface area contributed by atoms with Crippen LogP contribution in [-0.2, 0) is 6.54 Å². The van der Waals surface area contributed by atoms with Crippen LogP contribution in [0.3, 0.4) is 0 Å². The summed E-state index contributed by atoms with van der Waals surface area (Å²) >= 11 is 0. The Kier molecular flexibility index (Phi) is 8.67. The van der Waals surface area contributed by atoms with Crippen LogP contribution >= 0.6 is 0 Å². The molecule has 1 aromatic heterocycles. The maximum atomic E-state index is 12.5. The molecule has 1 aromatic carbocycles. The maximum Gasteiger partial charge on any atom is 0.200 e. The van der Waals surface area contributed by atoms with Crippen LogP contribution in [0, 0.1) is 29.1 Å². The van der Waals surface area contributed by atoms with Gasteiger partial charge in [0, 0.05) is 18.6 Å². The highest BCUT2D eigenvalue weighted by atomic mass is 19.2. The Morgan fingerprint density at radius 3 is 1.81 bits per heavy atom. The van der Waals surface area contributed by atoms with Crippen molar-refractivity contribution in [1.82, 2.24) is 0 Å². The van der Waals surface area contributed by atoms with Gasteiger partial charge in [-0.15, -0.1) is 0 Å². The molecule has 0 amide bonds. The summed E-state index contributed by atoms with van der Waals surface area (Å²) in [6.07, 6.45) is 9.62. The number of rotatable bonds is 6. The third kappa shape index (κ3) is 5.79. The van der Waals surface area contributed by atoms with Crippen LogP contribution in [0.15, 0.2) is 30.6 Å². The summed E-state index contributed by atoms with van der Waals surface area (Å²) in [6, 6.07) is 6.22. The number of aromatic nitrogens is 1. The second-order valence-corrected chi connectivity index (χ2v) is 5.41. The standard InChI is InChI=1S/C11H18N.C7HF5O2/c1-2-3-4-6-9-12-10-7-5-8-11-12;8-2-1(7(13)14)3(9)5(11)6(12)4(2)10/h5,7-8,10-11H,2-4,6,9H2,1H3;(H,13,14)/q+1;/p-1. The number of hydrogen-bond acceptors (Lipinski definition) is 2. The SMILES string of the molecule is CCCCCC[n+]1ccccc1.O=C([O-])c1c(F)c(F)c(F)c(F)c1F. The lowest BCUT2D eigenvalue weighted by molar-refractivity contribution is -0.697. The first kappa shape index (κ1) is 21.5. The number of benzene rings is 1. The van der Waals surface area contributed by atoms with E-state index in [2.05, 4.69) is 42.1 Å². The number of aryl methyl sites for hydroxylation is 1. The first-order valence-electron chi connectivity index (χ1n) is 7.98. The molecule has 0 saturated carbocycles. The smallest absolute Gasteiger partial charge is 0.200 e. The van der Waals surface area contributed by atoms with Gasteiger partial charge >= 0.3 is 0 Å². The second kappa shape index (κ2) is 10.5. The lowest BCUT2D eigenvalue weighted by Crippen LogP contribution is -2.32.